The molecule has 13 nitrogen and oxygen atoms in total. The number of carbonyl (C=O) groups excluding carboxylic acids is 3. The van der Waals surface area contributed by atoms with Crippen molar-refractivity contribution in [2.75, 3.05) is 0 Å². The summed E-state index contributed by atoms with van der Waals surface area (Å²) in [7, 11) is 0. The number of carbonyl (C=O) groups is 3. The summed E-state index contributed by atoms with van der Waals surface area (Å²) in [5.41, 5.74) is 2.99. The number of azo groups is 2. The van der Waals surface area contributed by atoms with Crippen LogP contribution in [0.3, 0.4) is 0 Å². The normalized spacial score (nSPS) is 11.3. The topological polar surface area (TPSA) is 211 Å². The van der Waals surface area contributed by atoms with E-state index in [1.165, 1.54) is 25.1 Å². The highest BCUT2D eigenvalue weighted by molar-refractivity contribution is 6.39. The van der Waals surface area contributed by atoms with Gasteiger partial charge in [0.1, 0.15) is 0 Å². The van der Waals surface area contributed by atoms with Crippen LogP contribution >= 0.6 is 46.4 Å². The standard InChI is InChI=1S/C12H11Cl2N5O3.C10H7Cl2N3O2/c13-5-3-6-10(7(14)4-5)16-12(22)11(6)19-18-9(21)2-1-8(20)17-15;1-4(16)14-15-9-6-2-5(11)3-7(12)8(6)13-10(9)17/h3-4,16,22H,1-2,15H2,(H,17,20);2-3,13,17H,1H3. The first-order chi connectivity index (χ1) is 18.4. The second kappa shape index (κ2) is 12.9. The Labute approximate surface area is 239 Å². The number of benzene rings is 2. The number of nitrogens with two attached hydrogens (primary N) is 1. The second-order valence-electron chi connectivity index (χ2n) is 7.65. The molecule has 0 saturated heterocycles. The number of amides is 3. The Balaban J connectivity index is 0.000000223. The van der Waals surface area contributed by atoms with E-state index in [-0.39, 0.29) is 36.0 Å². The number of hydrazine groups is 1. The fourth-order valence-electron chi connectivity index (χ4n) is 3.16. The molecule has 0 fully saturated rings. The molecule has 3 amide bonds. The summed E-state index contributed by atoms with van der Waals surface area (Å²) in [6.45, 7) is 1.26. The molecule has 0 radical (unpaired) electrons. The van der Waals surface area contributed by atoms with Crippen molar-refractivity contribution in [2.45, 2.75) is 19.8 Å². The summed E-state index contributed by atoms with van der Waals surface area (Å²) < 4.78 is 0. The fourth-order valence-corrected chi connectivity index (χ4v) is 4.24. The minimum Gasteiger partial charge on any atom is -0.493 e. The van der Waals surface area contributed by atoms with E-state index in [1.54, 1.807) is 6.07 Å². The molecule has 2 aromatic carbocycles. The molecule has 0 aliphatic carbocycles. The van der Waals surface area contributed by atoms with Crippen LogP contribution in [-0.4, -0.2) is 37.9 Å². The lowest BCUT2D eigenvalue weighted by Gasteiger charge is -1.96. The molecule has 0 bridgehead atoms. The van der Waals surface area contributed by atoms with Crippen molar-refractivity contribution in [3.8, 4) is 11.8 Å². The van der Waals surface area contributed by atoms with Crippen LogP contribution in [0.15, 0.2) is 44.7 Å². The fraction of sp³-hybridized carbons (Fsp3) is 0.136. The number of hydrogen-bond donors (Lipinski definition) is 6. The maximum absolute atomic E-state index is 11.5. The number of aromatic nitrogens is 2. The van der Waals surface area contributed by atoms with Crippen LogP contribution in [0, 0.1) is 0 Å². The van der Waals surface area contributed by atoms with Crippen molar-refractivity contribution in [1.29, 1.82) is 0 Å². The largest absolute Gasteiger partial charge is 0.493 e. The van der Waals surface area contributed by atoms with Gasteiger partial charge in [0.25, 0.3) is 11.8 Å². The first-order valence-electron chi connectivity index (χ1n) is 10.7. The number of fused-ring (bicyclic) bond motifs is 2. The van der Waals surface area contributed by atoms with E-state index in [1.807, 2.05) is 5.43 Å². The van der Waals surface area contributed by atoms with Crippen molar-refractivity contribution in [3.63, 3.8) is 0 Å². The molecule has 0 aliphatic rings. The zero-order valence-corrected chi connectivity index (χ0v) is 22.7. The summed E-state index contributed by atoms with van der Waals surface area (Å²) in [4.78, 5) is 38.4. The lowest BCUT2D eigenvalue weighted by molar-refractivity contribution is -0.125. The number of aromatic amines is 2. The average molecular weight is 616 g/mol. The highest BCUT2D eigenvalue weighted by atomic mass is 35.5. The van der Waals surface area contributed by atoms with E-state index in [0.717, 1.165) is 0 Å². The lowest BCUT2D eigenvalue weighted by atomic mass is 10.2. The number of H-pyrrole nitrogens is 2. The minimum atomic E-state index is -0.634. The Morgan fingerprint density at radius 3 is 1.72 bits per heavy atom. The van der Waals surface area contributed by atoms with Gasteiger partial charge in [0.2, 0.25) is 17.7 Å². The van der Waals surface area contributed by atoms with Crippen LogP contribution in [0.5, 0.6) is 11.8 Å². The molecular weight excluding hydrogens is 598 g/mol. The van der Waals surface area contributed by atoms with Gasteiger partial charge in [-0.05, 0) is 24.3 Å². The van der Waals surface area contributed by atoms with E-state index in [0.29, 0.717) is 41.9 Å². The van der Waals surface area contributed by atoms with Crippen molar-refractivity contribution in [2.24, 2.45) is 26.3 Å². The number of nitrogens with one attached hydrogen (secondary N) is 3. The lowest BCUT2D eigenvalue weighted by Crippen LogP contribution is -2.30. The minimum absolute atomic E-state index is 0.0380. The van der Waals surface area contributed by atoms with Gasteiger partial charge >= 0.3 is 0 Å². The van der Waals surface area contributed by atoms with E-state index in [9.17, 15) is 24.6 Å². The Hall–Kier alpha value is -3.75. The van der Waals surface area contributed by atoms with Gasteiger partial charge in [-0.15, -0.1) is 20.5 Å². The predicted octanol–water partition coefficient (Wildman–Crippen LogP) is 6.37. The molecule has 0 unspecified atom stereocenters. The molecule has 0 atom stereocenters. The molecule has 39 heavy (non-hydrogen) atoms. The predicted molar refractivity (Wildman–Crippen MR) is 146 cm³/mol. The van der Waals surface area contributed by atoms with Crippen molar-refractivity contribution < 1.29 is 24.6 Å². The van der Waals surface area contributed by atoms with Gasteiger partial charge in [0.05, 0.1) is 21.1 Å². The smallest absolute Gasteiger partial charge is 0.265 e. The van der Waals surface area contributed by atoms with Gasteiger partial charge in [0, 0.05) is 40.6 Å². The maximum atomic E-state index is 11.5. The highest BCUT2D eigenvalue weighted by Crippen LogP contribution is 2.41. The van der Waals surface area contributed by atoms with E-state index in [2.05, 4.69) is 30.4 Å². The third-order valence-corrected chi connectivity index (χ3v) is 5.87. The Morgan fingerprint density at radius 2 is 1.28 bits per heavy atom. The summed E-state index contributed by atoms with van der Waals surface area (Å²) in [6, 6.07) is 6.14. The molecule has 0 spiro atoms. The zero-order chi connectivity index (χ0) is 28.9. The molecule has 17 heteroatoms. The first-order valence-corrected chi connectivity index (χ1v) is 12.2. The molecule has 204 valence electrons. The molecular formula is C22H18Cl4N8O5. The summed E-state index contributed by atoms with van der Waals surface area (Å²) in [6.07, 6.45) is -0.261. The number of nitrogens with zero attached hydrogens (tertiary/aromatic N) is 4. The van der Waals surface area contributed by atoms with Gasteiger partial charge in [-0.3, -0.25) is 19.8 Å². The van der Waals surface area contributed by atoms with E-state index >= 15 is 0 Å². The highest BCUT2D eigenvalue weighted by Gasteiger charge is 2.15. The molecule has 7 N–H and O–H groups in total. The van der Waals surface area contributed by atoms with Gasteiger partial charge in [-0.25, -0.2) is 5.84 Å². The monoisotopic (exact) mass is 614 g/mol. The Kier molecular flexibility index (Phi) is 9.83. The molecule has 2 heterocycles. The SMILES string of the molecule is CC(=O)N=Nc1c(O)[nH]c2c(Cl)cc(Cl)cc12.NNC(=O)CCC(=O)N=Nc1c(O)[nH]c2c(Cl)cc(Cl)cc12. The number of halogens is 4. The van der Waals surface area contributed by atoms with E-state index in [4.69, 9.17) is 52.2 Å². The Bertz CT molecular complexity index is 1650. The van der Waals surface area contributed by atoms with Crippen LogP contribution in [0.1, 0.15) is 19.8 Å². The van der Waals surface area contributed by atoms with Crippen molar-refractivity contribution in [3.05, 3.63) is 44.4 Å². The second-order valence-corrected chi connectivity index (χ2v) is 9.33. The number of hydrogen-bond acceptors (Lipinski definition) is 8. The van der Waals surface area contributed by atoms with Gasteiger partial charge in [-0.2, -0.15) is 0 Å². The van der Waals surface area contributed by atoms with Crippen molar-refractivity contribution in [1.82, 2.24) is 15.4 Å². The quantitative estimate of drug-likeness (QED) is 0.0649. The molecule has 4 rings (SSSR count). The van der Waals surface area contributed by atoms with Gasteiger partial charge < -0.3 is 20.2 Å². The van der Waals surface area contributed by atoms with Crippen LogP contribution in [0.4, 0.5) is 11.4 Å². The van der Waals surface area contributed by atoms with Crippen LogP contribution in [0.2, 0.25) is 20.1 Å². The zero-order valence-electron chi connectivity index (χ0n) is 19.7. The van der Waals surface area contributed by atoms with Crippen LogP contribution in [-0.2, 0) is 14.4 Å². The van der Waals surface area contributed by atoms with Crippen LogP contribution in [0.25, 0.3) is 21.8 Å². The molecule has 4 aromatic rings. The average Bonchev–Trinajstić information content (AvgIpc) is 3.35. The van der Waals surface area contributed by atoms with Crippen molar-refractivity contribution >= 4 is 97.3 Å². The number of rotatable bonds is 5. The van der Waals surface area contributed by atoms with Gasteiger partial charge in [0.15, 0.2) is 11.4 Å². The summed E-state index contributed by atoms with van der Waals surface area (Å²) in [5, 5.41) is 35.9. The summed E-state index contributed by atoms with van der Waals surface area (Å²) >= 11 is 23.7. The van der Waals surface area contributed by atoms with E-state index < -0.39 is 17.7 Å². The third-order valence-electron chi connectivity index (χ3n) is 4.83. The first kappa shape index (κ1) is 29.8. The number of aromatic hydroxyl groups is 2. The Morgan fingerprint density at radius 1 is 0.821 bits per heavy atom. The molecule has 0 aliphatic heterocycles. The van der Waals surface area contributed by atoms with Crippen LogP contribution < -0.4 is 11.3 Å². The molecule has 0 saturated carbocycles. The third kappa shape index (κ3) is 7.43. The van der Waals surface area contributed by atoms with Gasteiger partial charge in [-0.1, -0.05) is 46.4 Å². The molecule has 2 aromatic heterocycles. The summed E-state index contributed by atoms with van der Waals surface area (Å²) in [5.74, 6) is 2.79. The maximum Gasteiger partial charge on any atom is 0.265 e.